The number of aromatic nitrogens is 2. The average molecular weight is 415 g/mol. The minimum Gasteiger partial charge on any atom is -0.493 e. The van der Waals surface area contributed by atoms with E-state index in [-0.39, 0.29) is 6.10 Å². The second-order valence-corrected chi connectivity index (χ2v) is 7.25. The SMILES string of the molecule is COc1cc2ncnc(Nc3ccc(C)c(Cl)c3)c2cc1OCC1CNCCO1. The predicted octanol–water partition coefficient (Wildman–Crippen LogP) is 3.71. The van der Waals surface area contributed by atoms with E-state index < -0.39 is 0 Å². The Kier molecular flexibility index (Phi) is 5.99. The highest BCUT2D eigenvalue weighted by molar-refractivity contribution is 6.31. The summed E-state index contributed by atoms with van der Waals surface area (Å²) in [4.78, 5) is 8.77. The third-order valence-corrected chi connectivity index (χ3v) is 5.19. The van der Waals surface area contributed by atoms with E-state index in [2.05, 4.69) is 20.6 Å². The van der Waals surface area contributed by atoms with Crippen LogP contribution in [0.2, 0.25) is 5.02 Å². The second kappa shape index (κ2) is 8.82. The smallest absolute Gasteiger partial charge is 0.162 e. The molecule has 4 rings (SSSR count). The van der Waals surface area contributed by atoms with Crippen LogP contribution in [-0.2, 0) is 4.74 Å². The number of methoxy groups -OCH3 is 1. The first kappa shape index (κ1) is 19.7. The van der Waals surface area contributed by atoms with Crippen molar-refractivity contribution >= 4 is 34.0 Å². The number of hydrogen-bond donors (Lipinski definition) is 2. The first-order valence-corrected chi connectivity index (χ1v) is 9.83. The quantitative estimate of drug-likeness (QED) is 0.636. The number of benzene rings is 2. The third kappa shape index (κ3) is 4.53. The van der Waals surface area contributed by atoms with Crippen LogP contribution in [0, 0.1) is 6.92 Å². The van der Waals surface area contributed by atoms with Gasteiger partial charge in [0.15, 0.2) is 11.5 Å². The Morgan fingerprint density at radius 3 is 2.90 bits per heavy atom. The van der Waals surface area contributed by atoms with Gasteiger partial charge < -0.3 is 24.8 Å². The number of anilines is 2. The molecule has 8 heteroatoms. The maximum atomic E-state index is 6.25. The molecule has 1 aromatic heterocycles. The Hall–Kier alpha value is -2.61. The summed E-state index contributed by atoms with van der Waals surface area (Å²) in [6.45, 7) is 4.71. The van der Waals surface area contributed by atoms with Gasteiger partial charge in [-0.3, -0.25) is 0 Å². The van der Waals surface area contributed by atoms with Gasteiger partial charge in [-0.05, 0) is 30.7 Å². The van der Waals surface area contributed by atoms with Crippen molar-refractivity contribution in [2.75, 3.05) is 38.7 Å². The molecule has 7 nitrogen and oxygen atoms in total. The molecule has 1 atom stereocenters. The van der Waals surface area contributed by atoms with Gasteiger partial charge in [0.1, 0.15) is 24.9 Å². The standard InChI is InChI=1S/C21H23ClN4O3/c1-13-3-4-14(7-17(13)22)26-21-16-8-20(29-11-15-10-23-5-6-28-15)19(27-2)9-18(16)24-12-25-21/h3-4,7-9,12,15,23H,5-6,10-11H2,1-2H3,(H,24,25,26). The maximum Gasteiger partial charge on any atom is 0.162 e. The lowest BCUT2D eigenvalue weighted by Gasteiger charge is -2.24. The summed E-state index contributed by atoms with van der Waals surface area (Å²) >= 11 is 6.25. The van der Waals surface area contributed by atoms with E-state index in [0.29, 0.717) is 35.6 Å². The van der Waals surface area contributed by atoms with Crippen LogP contribution in [-0.4, -0.2) is 49.5 Å². The molecule has 29 heavy (non-hydrogen) atoms. The zero-order chi connectivity index (χ0) is 20.2. The number of morpholine rings is 1. The summed E-state index contributed by atoms with van der Waals surface area (Å²) < 4.78 is 17.2. The van der Waals surface area contributed by atoms with Crippen LogP contribution in [0.25, 0.3) is 10.9 Å². The Labute approximate surface area is 174 Å². The van der Waals surface area contributed by atoms with E-state index in [9.17, 15) is 0 Å². The van der Waals surface area contributed by atoms with Crippen molar-refractivity contribution in [1.82, 2.24) is 15.3 Å². The van der Waals surface area contributed by atoms with Crippen molar-refractivity contribution in [2.45, 2.75) is 13.0 Å². The van der Waals surface area contributed by atoms with Gasteiger partial charge in [0.25, 0.3) is 0 Å². The highest BCUT2D eigenvalue weighted by Gasteiger charge is 2.17. The molecule has 1 unspecified atom stereocenters. The van der Waals surface area contributed by atoms with Gasteiger partial charge in [0.2, 0.25) is 0 Å². The number of hydrogen-bond acceptors (Lipinski definition) is 7. The van der Waals surface area contributed by atoms with Gasteiger partial charge >= 0.3 is 0 Å². The van der Waals surface area contributed by atoms with Crippen LogP contribution in [0.1, 0.15) is 5.56 Å². The normalized spacial score (nSPS) is 16.6. The zero-order valence-corrected chi connectivity index (χ0v) is 17.1. The van der Waals surface area contributed by atoms with Crippen molar-refractivity contribution in [1.29, 1.82) is 0 Å². The molecule has 0 spiro atoms. The lowest BCUT2D eigenvalue weighted by Crippen LogP contribution is -2.41. The van der Waals surface area contributed by atoms with Gasteiger partial charge in [0.05, 0.1) is 19.2 Å². The summed E-state index contributed by atoms with van der Waals surface area (Å²) in [6.07, 6.45) is 1.52. The molecule has 2 N–H and O–H groups in total. The highest BCUT2D eigenvalue weighted by atomic mass is 35.5. The minimum absolute atomic E-state index is 0.00321. The van der Waals surface area contributed by atoms with E-state index in [1.165, 1.54) is 6.33 Å². The van der Waals surface area contributed by atoms with Crippen molar-refractivity contribution in [3.63, 3.8) is 0 Å². The molecular formula is C21H23ClN4O3. The van der Waals surface area contributed by atoms with Gasteiger partial charge in [-0.2, -0.15) is 0 Å². The summed E-state index contributed by atoms with van der Waals surface area (Å²) in [5.74, 6) is 1.90. The molecule has 0 radical (unpaired) electrons. The number of rotatable bonds is 6. The van der Waals surface area contributed by atoms with Crippen molar-refractivity contribution in [3.05, 3.63) is 47.2 Å². The highest BCUT2D eigenvalue weighted by Crippen LogP contribution is 2.35. The fourth-order valence-electron chi connectivity index (χ4n) is 3.15. The van der Waals surface area contributed by atoms with Crippen molar-refractivity contribution in [2.24, 2.45) is 0 Å². The zero-order valence-electron chi connectivity index (χ0n) is 16.4. The molecule has 0 saturated carbocycles. The molecule has 1 saturated heterocycles. The maximum absolute atomic E-state index is 6.25. The van der Waals surface area contributed by atoms with E-state index in [4.69, 9.17) is 25.8 Å². The number of ether oxygens (including phenoxy) is 3. The Morgan fingerprint density at radius 2 is 2.14 bits per heavy atom. The van der Waals surface area contributed by atoms with Crippen LogP contribution >= 0.6 is 11.6 Å². The van der Waals surface area contributed by atoms with Crippen molar-refractivity contribution < 1.29 is 14.2 Å². The largest absolute Gasteiger partial charge is 0.493 e. The number of nitrogens with one attached hydrogen (secondary N) is 2. The molecule has 152 valence electrons. The molecule has 0 aliphatic carbocycles. The number of nitrogens with zero attached hydrogens (tertiary/aromatic N) is 2. The van der Waals surface area contributed by atoms with Gasteiger partial charge in [0, 0.05) is 35.3 Å². The third-order valence-electron chi connectivity index (χ3n) is 4.78. The summed E-state index contributed by atoms with van der Waals surface area (Å²) in [5, 5.41) is 8.13. The van der Waals surface area contributed by atoms with Crippen LogP contribution < -0.4 is 20.1 Å². The molecule has 1 aliphatic heterocycles. The van der Waals surface area contributed by atoms with Crippen LogP contribution in [0.3, 0.4) is 0 Å². The number of halogens is 1. The summed E-state index contributed by atoms with van der Waals surface area (Å²) in [5.41, 5.74) is 2.62. The van der Waals surface area contributed by atoms with E-state index in [0.717, 1.165) is 35.2 Å². The molecule has 3 aromatic rings. The molecular weight excluding hydrogens is 392 g/mol. The molecule has 1 fully saturated rings. The Bertz CT molecular complexity index is 1010. The van der Waals surface area contributed by atoms with Gasteiger partial charge in [-0.1, -0.05) is 17.7 Å². The fourth-order valence-corrected chi connectivity index (χ4v) is 3.33. The summed E-state index contributed by atoms with van der Waals surface area (Å²) in [7, 11) is 1.61. The van der Waals surface area contributed by atoms with Crippen LogP contribution in [0.4, 0.5) is 11.5 Å². The minimum atomic E-state index is 0.00321. The number of fused-ring (bicyclic) bond motifs is 1. The van der Waals surface area contributed by atoms with Gasteiger partial charge in [-0.25, -0.2) is 9.97 Å². The van der Waals surface area contributed by atoms with E-state index in [1.807, 2.05) is 37.3 Å². The van der Waals surface area contributed by atoms with Gasteiger partial charge in [-0.15, -0.1) is 0 Å². The first-order chi connectivity index (χ1) is 14.1. The Morgan fingerprint density at radius 1 is 1.24 bits per heavy atom. The fraction of sp³-hybridized carbons (Fsp3) is 0.333. The Balaban J connectivity index is 1.63. The molecule has 0 bridgehead atoms. The van der Waals surface area contributed by atoms with Crippen molar-refractivity contribution in [3.8, 4) is 11.5 Å². The predicted molar refractivity (Wildman–Crippen MR) is 114 cm³/mol. The second-order valence-electron chi connectivity index (χ2n) is 6.84. The van der Waals surface area contributed by atoms with Crippen LogP contribution in [0.5, 0.6) is 11.5 Å². The lowest BCUT2D eigenvalue weighted by atomic mass is 10.2. The topological polar surface area (TPSA) is 77.5 Å². The molecule has 2 heterocycles. The monoisotopic (exact) mass is 414 g/mol. The van der Waals surface area contributed by atoms with Crippen LogP contribution in [0.15, 0.2) is 36.7 Å². The van der Waals surface area contributed by atoms with E-state index in [1.54, 1.807) is 7.11 Å². The first-order valence-electron chi connectivity index (χ1n) is 9.45. The summed E-state index contributed by atoms with van der Waals surface area (Å²) in [6, 6.07) is 9.54. The molecule has 2 aromatic carbocycles. The lowest BCUT2D eigenvalue weighted by molar-refractivity contribution is -0.000232. The molecule has 1 aliphatic rings. The number of aryl methyl sites for hydroxylation is 1. The molecule has 0 amide bonds. The van der Waals surface area contributed by atoms with E-state index >= 15 is 0 Å². The average Bonchev–Trinajstić information content (AvgIpc) is 2.75.